The van der Waals surface area contributed by atoms with Crippen molar-refractivity contribution in [2.24, 2.45) is 0 Å². The third kappa shape index (κ3) is 3.56. The molecule has 0 radical (unpaired) electrons. The Bertz CT molecular complexity index is 604. The maximum Gasteiger partial charge on any atom is 0.131 e. The van der Waals surface area contributed by atoms with Crippen LogP contribution in [-0.4, -0.2) is 36.7 Å². The van der Waals surface area contributed by atoms with E-state index in [0.29, 0.717) is 12.4 Å². The molecule has 1 aromatic heterocycles. The number of likely N-dealkylation sites (N-methyl/N-ethyl adjacent to an activating group) is 1. The number of rotatable bonds is 7. The highest BCUT2D eigenvalue weighted by molar-refractivity contribution is 5.90. The highest BCUT2D eigenvalue weighted by Gasteiger charge is 2.15. The zero-order chi connectivity index (χ0) is 15.4. The van der Waals surface area contributed by atoms with E-state index in [1.807, 2.05) is 6.92 Å². The van der Waals surface area contributed by atoms with E-state index in [1.54, 1.807) is 6.07 Å². The second kappa shape index (κ2) is 6.94. The molecule has 0 fully saturated rings. The molecule has 3 nitrogen and oxygen atoms in total. The maximum absolute atomic E-state index is 13.9. The van der Waals surface area contributed by atoms with Gasteiger partial charge < -0.3 is 14.2 Å². The number of nitrogens with zero attached hydrogens (tertiary/aromatic N) is 2. The molecule has 2 aromatic rings. The van der Waals surface area contributed by atoms with Gasteiger partial charge in [0.2, 0.25) is 0 Å². The van der Waals surface area contributed by atoms with Crippen LogP contribution in [0.15, 0.2) is 18.3 Å². The van der Waals surface area contributed by atoms with Crippen LogP contribution in [-0.2, 0) is 13.0 Å². The molecule has 0 N–H and O–H groups in total. The summed E-state index contributed by atoms with van der Waals surface area (Å²) in [6.45, 7) is 6.47. The molecule has 0 saturated carbocycles. The van der Waals surface area contributed by atoms with Crippen molar-refractivity contribution in [3.63, 3.8) is 0 Å². The van der Waals surface area contributed by atoms with Crippen molar-refractivity contribution < 1.29 is 9.13 Å². The number of aromatic nitrogens is 1. The van der Waals surface area contributed by atoms with Gasteiger partial charge in [0.1, 0.15) is 11.6 Å². The predicted molar refractivity (Wildman–Crippen MR) is 85.6 cm³/mol. The van der Waals surface area contributed by atoms with Crippen LogP contribution < -0.4 is 4.74 Å². The van der Waals surface area contributed by atoms with Crippen molar-refractivity contribution in [1.29, 1.82) is 0 Å². The monoisotopic (exact) mass is 292 g/mol. The van der Waals surface area contributed by atoms with E-state index in [-0.39, 0.29) is 5.82 Å². The third-order valence-electron chi connectivity index (χ3n) is 3.58. The number of fused-ring (bicyclic) bond motifs is 1. The van der Waals surface area contributed by atoms with Crippen LogP contribution in [0.2, 0.25) is 0 Å². The fourth-order valence-corrected chi connectivity index (χ4v) is 2.67. The van der Waals surface area contributed by atoms with E-state index in [1.165, 1.54) is 11.6 Å². The Labute approximate surface area is 126 Å². The molecule has 0 aliphatic heterocycles. The number of hydrogen-bond acceptors (Lipinski definition) is 2. The lowest BCUT2D eigenvalue weighted by Gasteiger charge is -2.10. The summed E-state index contributed by atoms with van der Waals surface area (Å²) in [6.07, 6.45) is 4.11. The normalized spacial score (nSPS) is 11.5. The van der Waals surface area contributed by atoms with Gasteiger partial charge in [0, 0.05) is 30.7 Å². The summed E-state index contributed by atoms with van der Waals surface area (Å²) < 4.78 is 21.7. The summed E-state index contributed by atoms with van der Waals surface area (Å²) in [5.74, 6) is 0.427. The molecular formula is C17H25FN2O. The van der Waals surface area contributed by atoms with Gasteiger partial charge in [0.25, 0.3) is 0 Å². The third-order valence-corrected chi connectivity index (χ3v) is 3.58. The van der Waals surface area contributed by atoms with Crippen LogP contribution in [0.25, 0.3) is 10.9 Å². The molecular weight excluding hydrogens is 267 g/mol. The van der Waals surface area contributed by atoms with Crippen LogP contribution >= 0.6 is 0 Å². The molecule has 21 heavy (non-hydrogen) atoms. The Morgan fingerprint density at radius 3 is 2.62 bits per heavy atom. The molecule has 0 unspecified atom stereocenters. The first kappa shape index (κ1) is 15.8. The Kier molecular flexibility index (Phi) is 5.23. The molecule has 0 amide bonds. The van der Waals surface area contributed by atoms with Crippen molar-refractivity contribution in [2.45, 2.75) is 33.2 Å². The first-order valence-corrected chi connectivity index (χ1v) is 7.65. The highest BCUT2D eigenvalue weighted by atomic mass is 19.1. The first-order chi connectivity index (χ1) is 10.1. The van der Waals surface area contributed by atoms with E-state index in [4.69, 9.17) is 4.74 Å². The lowest BCUT2D eigenvalue weighted by Crippen LogP contribution is -2.15. The smallest absolute Gasteiger partial charge is 0.131 e. The van der Waals surface area contributed by atoms with Gasteiger partial charge in [-0.15, -0.1) is 0 Å². The number of hydrogen-bond donors (Lipinski definition) is 0. The number of ether oxygens (including phenoxy) is 1. The van der Waals surface area contributed by atoms with E-state index >= 15 is 0 Å². The molecule has 0 atom stereocenters. The summed E-state index contributed by atoms with van der Waals surface area (Å²) in [5.41, 5.74) is 2.17. The van der Waals surface area contributed by atoms with Crippen molar-refractivity contribution in [3.8, 4) is 5.75 Å². The molecule has 0 spiro atoms. The Hall–Kier alpha value is -1.55. The Morgan fingerprint density at radius 2 is 2.00 bits per heavy atom. The number of aryl methyl sites for hydroxylation is 1. The SMILES string of the molecule is CCCn1cc(CCN(C)C)c2c(OCC)cc(F)cc21. The molecule has 0 aliphatic rings. The van der Waals surface area contributed by atoms with Gasteiger partial charge in [-0.2, -0.15) is 0 Å². The first-order valence-electron chi connectivity index (χ1n) is 7.65. The van der Waals surface area contributed by atoms with Crippen molar-refractivity contribution in [1.82, 2.24) is 9.47 Å². The van der Waals surface area contributed by atoms with Gasteiger partial charge >= 0.3 is 0 Å². The van der Waals surface area contributed by atoms with Gasteiger partial charge in [0.05, 0.1) is 12.1 Å². The average molecular weight is 292 g/mol. The van der Waals surface area contributed by atoms with Crippen molar-refractivity contribution >= 4 is 10.9 Å². The van der Waals surface area contributed by atoms with E-state index in [0.717, 1.165) is 36.8 Å². The summed E-state index contributed by atoms with van der Waals surface area (Å²) in [4.78, 5) is 2.16. The van der Waals surface area contributed by atoms with Gasteiger partial charge in [-0.1, -0.05) is 6.92 Å². The molecule has 2 rings (SSSR count). The second-order valence-corrected chi connectivity index (χ2v) is 5.63. The lowest BCUT2D eigenvalue weighted by atomic mass is 10.1. The Balaban J connectivity index is 2.55. The van der Waals surface area contributed by atoms with Crippen LogP contribution in [0, 0.1) is 5.82 Å². The van der Waals surface area contributed by atoms with Gasteiger partial charge in [-0.3, -0.25) is 0 Å². The Morgan fingerprint density at radius 1 is 1.24 bits per heavy atom. The molecule has 0 aliphatic carbocycles. The number of halogens is 1. The van der Waals surface area contributed by atoms with Crippen LogP contribution in [0.5, 0.6) is 5.75 Å². The second-order valence-electron chi connectivity index (χ2n) is 5.63. The minimum atomic E-state index is -0.236. The summed E-state index contributed by atoms with van der Waals surface area (Å²) in [5, 5.41) is 1.06. The minimum Gasteiger partial charge on any atom is -0.493 e. The van der Waals surface area contributed by atoms with Crippen molar-refractivity contribution in [3.05, 3.63) is 29.7 Å². The van der Waals surface area contributed by atoms with Crippen LogP contribution in [0.3, 0.4) is 0 Å². The molecule has 116 valence electrons. The van der Waals surface area contributed by atoms with E-state index in [9.17, 15) is 4.39 Å². The molecule has 1 heterocycles. The fourth-order valence-electron chi connectivity index (χ4n) is 2.67. The van der Waals surface area contributed by atoms with Crippen LogP contribution in [0.1, 0.15) is 25.8 Å². The standard InChI is InChI=1S/C17H25FN2O/c1-5-8-20-12-13(7-9-19(3)4)17-15(20)10-14(18)11-16(17)21-6-2/h10-12H,5-9H2,1-4H3. The minimum absolute atomic E-state index is 0.236. The van der Waals surface area contributed by atoms with Crippen LogP contribution in [0.4, 0.5) is 4.39 Å². The molecule has 4 heteroatoms. The quantitative estimate of drug-likeness (QED) is 0.774. The zero-order valence-corrected chi connectivity index (χ0v) is 13.4. The van der Waals surface area contributed by atoms with Gasteiger partial charge in [-0.25, -0.2) is 4.39 Å². The zero-order valence-electron chi connectivity index (χ0n) is 13.4. The fraction of sp³-hybridized carbons (Fsp3) is 0.529. The van der Waals surface area contributed by atoms with Gasteiger partial charge in [0.15, 0.2) is 0 Å². The van der Waals surface area contributed by atoms with Gasteiger partial charge in [-0.05, 0) is 45.5 Å². The van der Waals surface area contributed by atoms with E-state index in [2.05, 4.69) is 36.7 Å². The maximum atomic E-state index is 13.9. The predicted octanol–water partition coefficient (Wildman–Crippen LogP) is 3.69. The summed E-state index contributed by atoms with van der Waals surface area (Å²) >= 11 is 0. The molecule has 0 saturated heterocycles. The summed E-state index contributed by atoms with van der Waals surface area (Å²) in [7, 11) is 4.13. The largest absolute Gasteiger partial charge is 0.493 e. The number of benzene rings is 1. The average Bonchev–Trinajstić information content (AvgIpc) is 2.75. The van der Waals surface area contributed by atoms with Crippen molar-refractivity contribution in [2.75, 3.05) is 27.2 Å². The van der Waals surface area contributed by atoms with E-state index < -0.39 is 0 Å². The molecule has 0 bridgehead atoms. The molecule has 1 aromatic carbocycles. The topological polar surface area (TPSA) is 17.4 Å². The lowest BCUT2D eigenvalue weighted by molar-refractivity contribution is 0.342. The highest BCUT2D eigenvalue weighted by Crippen LogP contribution is 2.32. The summed E-state index contributed by atoms with van der Waals surface area (Å²) in [6, 6.07) is 3.12.